The summed E-state index contributed by atoms with van der Waals surface area (Å²) in [5.41, 5.74) is 1.78. The van der Waals surface area contributed by atoms with Gasteiger partial charge in [-0.25, -0.2) is 0 Å². The number of hydrogen-bond donors (Lipinski definition) is 0. The highest BCUT2D eigenvalue weighted by molar-refractivity contribution is 5.73. The topological polar surface area (TPSA) is 89.5 Å². The van der Waals surface area contributed by atoms with Crippen molar-refractivity contribution in [1.82, 2.24) is 0 Å². The van der Waals surface area contributed by atoms with E-state index in [0.717, 1.165) is 11.1 Å². The molecule has 0 N–H and O–H groups in total. The van der Waals surface area contributed by atoms with E-state index in [1.165, 1.54) is 14.2 Å². The minimum Gasteiger partial charge on any atom is -0.497 e. The number of carbonyl (C=O) groups excluding carboxylic acids is 2. The zero-order valence-corrected chi connectivity index (χ0v) is 20.7. The molecule has 2 rings (SSSR count). The van der Waals surface area contributed by atoms with Gasteiger partial charge in [-0.15, -0.1) is 0 Å². The summed E-state index contributed by atoms with van der Waals surface area (Å²) >= 11 is 0. The van der Waals surface area contributed by atoms with E-state index in [2.05, 4.69) is 0 Å². The van der Waals surface area contributed by atoms with Crippen molar-refractivity contribution in [3.05, 3.63) is 47.5 Å². The van der Waals surface area contributed by atoms with Gasteiger partial charge in [0.2, 0.25) is 0 Å². The van der Waals surface area contributed by atoms with E-state index in [0.29, 0.717) is 42.3 Å². The Kier molecular flexibility index (Phi) is 10.5. The SMILES string of the molecule is COC(=O)CC[C@H](Cc1cc(OC)cc(OC)c1)[C@@H](Cc1cc(OC)cc(OC)c1)C(=O)OC. The van der Waals surface area contributed by atoms with Gasteiger partial charge >= 0.3 is 11.9 Å². The summed E-state index contributed by atoms with van der Waals surface area (Å²) in [7, 11) is 9.04. The first-order chi connectivity index (χ1) is 16.4. The fourth-order valence-corrected chi connectivity index (χ4v) is 3.97. The van der Waals surface area contributed by atoms with Crippen LogP contribution in [0.25, 0.3) is 0 Å². The lowest BCUT2D eigenvalue weighted by Crippen LogP contribution is -2.29. The van der Waals surface area contributed by atoms with Crippen molar-refractivity contribution in [2.75, 3.05) is 42.7 Å². The molecular formula is C26H34O8. The lowest BCUT2D eigenvalue weighted by molar-refractivity contribution is -0.148. The van der Waals surface area contributed by atoms with Gasteiger partial charge in [-0.2, -0.15) is 0 Å². The third-order valence-electron chi connectivity index (χ3n) is 5.80. The second-order valence-corrected chi connectivity index (χ2v) is 7.85. The van der Waals surface area contributed by atoms with Crippen LogP contribution in [0.3, 0.4) is 0 Å². The number of rotatable bonds is 13. The van der Waals surface area contributed by atoms with Gasteiger partial charge in [0.15, 0.2) is 0 Å². The van der Waals surface area contributed by atoms with Crippen molar-refractivity contribution < 1.29 is 38.0 Å². The zero-order valence-electron chi connectivity index (χ0n) is 20.7. The van der Waals surface area contributed by atoms with Crippen LogP contribution in [0.15, 0.2) is 36.4 Å². The molecule has 0 bridgehead atoms. The second-order valence-electron chi connectivity index (χ2n) is 7.85. The third kappa shape index (κ3) is 7.57. The summed E-state index contributed by atoms with van der Waals surface area (Å²) in [6, 6.07) is 11.1. The zero-order chi connectivity index (χ0) is 25.1. The predicted octanol–water partition coefficient (Wildman–Crippen LogP) is 3.86. The molecule has 8 nitrogen and oxygen atoms in total. The van der Waals surface area contributed by atoms with Gasteiger partial charge < -0.3 is 28.4 Å². The van der Waals surface area contributed by atoms with Crippen LogP contribution in [0.2, 0.25) is 0 Å². The molecule has 0 aliphatic carbocycles. The first kappa shape index (κ1) is 26.8. The normalized spacial score (nSPS) is 12.3. The number of carbonyl (C=O) groups is 2. The summed E-state index contributed by atoms with van der Waals surface area (Å²) in [6.07, 6.45) is 1.50. The second kappa shape index (κ2) is 13.3. The molecule has 0 fully saturated rings. The van der Waals surface area contributed by atoms with Crippen LogP contribution in [0.1, 0.15) is 24.0 Å². The molecule has 0 amide bonds. The van der Waals surface area contributed by atoms with Gasteiger partial charge in [-0.3, -0.25) is 9.59 Å². The molecule has 2 aromatic rings. The van der Waals surface area contributed by atoms with Crippen LogP contribution in [0, 0.1) is 11.8 Å². The quantitative estimate of drug-likeness (QED) is 0.404. The Bertz CT molecular complexity index is 911. The molecule has 0 spiro atoms. The molecular weight excluding hydrogens is 440 g/mol. The number of methoxy groups -OCH3 is 6. The van der Waals surface area contributed by atoms with Gasteiger partial charge in [-0.1, -0.05) is 0 Å². The minimum atomic E-state index is -0.524. The summed E-state index contributed by atoms with van der Waals surface area (Å²) in [6.45, 7) is 0. The standard InChI is InChI=1S/C26H34O8/c1-29-20-10-17(11-21(15-20)30-2)9-19(7-8-25(27)33-5)24(26(28)34-6)14-18-12-22(31-3)16-23(13-18)32-4/h10-13,15-16,19,24H,7-9,14H2,1-6H3/t19-,24-/m1/s1. The maximum atomic E-state index is 13.0. The van der Waals surface area contributed by atoms with E-state index < -0.39 is 5.92 Å². The van der Waals surface area contributed by atoms with Crippen LogP contribution < -0.4 is 18.9 Å². The molecule has 8 heteroatoms. The van der Waals surface area contributed by atoms with Crippen LogP contribution >= 0.6 is 0 Å². The van der Waals surface area contributed by atoms with Crippen LogP contribution in [0.5, 0.6) is 23.0 Å². The fraction of sp³-hybridized carbons (Fsp3) is 0.462. The van der Waals surface area contributed by atoms with E-state index in [1.54, 1.807) is 40.6 Å². The Morgan fingerprint density at radius 1 is 0.647 bits per heavy atom. The van der Waals surface area contributed by atoms with Crippen molar-refractivity contribution in [2.24, 2.45) is 11.8 Å². The highest BCUT2D eigenvalue weighted by Gasteiger charge is 2.31. The highest BCUT2D eigenvalue weighted by atomic mass is 16.5. The molecule has 2 atom stereocenters. The average Bonchev–Trinajstić information content (AvgIpc) is 2.88. The van der Waals surface area contributed by atoms with Gasteiger partial charge in [0.05, 0.1) is 48.6 Å². The van der Waals surface area contributed by atoms with E-state index in [9.17, 15) is 9.59 Å². The van der Waals surface area contributed by atoms with Crippen molar-refractivity contribution in [1.29, 1.82) is 0 Å². The Morgan fingerprint density at radius 2 is 1.09 bits per heavy atom. The van der Waals surface area contributed by atoms with Crippen LogP contribution in [0.4, 0.5) is 0 Å². The van der Waals surface area contributed by atoms with Gasteiger partial charge in [0.25, 0.3) is 0 Å². The Morgan fingerprint density at radius 3 is 1.47 bits per heavy atom. The molecule has 0 unspecified atom stereocenters. The lowest BCUT2D eigenvalue weighted by atomic mass is 9.80. The monoisotopic (exact) mass is 474 g/mol. The van der Waals surface area contributed by atoms with E-state index in [1.807, 2.05) is 24.3 Å². The number of esters is 2. The van der Waals surface area contributed by atoms with Crippen molar-refractivity contribution in [3.63, 3.8) is 0 Å². The first-order valence-electron chi connectivity index (χ1n) is 11.0. The molecule has 0 saturated heterocycles. The van der Waals surface area contributed by atoms with E-state index in [-0.39, 0.29) is 24.3 Å². The van der Waals surface area contributed by atoms with Crippen molar-refractivity contribution in [3.8, 4) is 23.0 Å². The highest BCUT2D eigenvalue weighted by Crippen LogP contribution is 2.32. The Hall–Kier alpha value is -3.42. The maximum absolute atomic E-state index is 13.0. The minimum absolute atomic E-state index is 0.178. The molecule has 0 saturated carbocycles. The van der Waals surface area contributed by atoms with Crippen molar-refractivity contribution >= 4 is 11.9 Å². The molecule has 34 heavy (non-hydrogen) atoms. The molecule has 0 aromatic heterocycles. The smallest absolute Gasteiger partial charge is 0.309 e. The van der Waals surface area contributed by atoms with E-state index in [4.69, 9.17) is 28.4 Å². The summed E-state index contributed by atoms with van der Waals surface area (Å²) < 4.78 is 31.6. The molecule has 0 heterocycles. The molecule has 0 aliphatic rings. The van der Waals surface area contributed by atoms with Gasteiger partial charge in [-0.05, 0) is 60.6 Å². The number of hydrogen-bond acceptors (Lipinski definition) is 8. The van der Waals surface area contributed by atoms with Crippen LogP contribution in [-0.2, 0) is 31.9 Å². The van der Waals surface area contributed by atoms with Crippen LogP contribution in [-0.4, -0.2) is 54.6 Å². The average molecular weight is 475 g/mol. The first-order valence-corrected chi connectivity index (χ1v) is 11.0. The fourth-order valence-electron chi connectivity index (χ4n) is 3.97. The van der Waals surface area contributed by atoms with E-state index >= 15 is 0 Å². The van der Waals surface area contributed by atoms with Gasteiger partial charge in [0.1, 0.15) is 23.0 Å². The van der Waals surface area contributed by atoms with Crippen molar-refractivity contribution in [2.45, 2.75) is 25.7 Å². The Balaban J connectivity index is 2.44. The number of ether oxygens (including phenoxy) is 6. The molecule has 2 aromatic carbocycles. The Labute approximate surface area is 201 Å². The third-order valence-corrected chi connectivity index (χ3v) is 5.80. The number of benzene rings is 2. The predicted molar refractivity (Wildman–Crippen MR) is 127 cm³/mol. The maximum Gasteiger partial charge on any atom is 0.309 e. The molecule has 0 radical (unpaired) electrons. The van der Waals surface area contributed by atoms with Gasteiger partial charge in [0, 0.05) is 18.6 Å². The largest absolute Gasteiger partial charge is 0.497 e. The summed E-state index contributed by atoms with van der Waals surface area (Å²) in [5.74, 6) is 1.11. The molecule has 186 valence electrons. The summed E-state index contributed by atoms with van der Waals surface area (Å²) in [5, 5.41) is 0. The summed E-state index contributed by atoms with van der Waals surface area (Å²) in [4.78, 5) is 24.9. The lowest BCUT2D eigenvalue weighted by Gasteiger charge is -2.26. The molecule has 0 aliphatic heterocycles.